The first kappa shape index (κ1) is 16.8. The first-order valence-electron chi connectivity index (χ1n) is 8.66. The lowest BCUT2D eigenvalue weighted by Crippen LogP contribution is -2.35. The molecule has 0 aliphatic carbocycles. The quantitative estimate of drug-likeness (QED) is 0.747. The molecule has 6 heteroatoms. The maximum absolute atomic E-state index is 12.3. The van der Waals surface area contributed by atoms with E-state index in [4.69, 9.17) is 9.15 Å². The summed E-state index contributed by atoms with van der Waals surface area (Å²) in [5, 5.41) is 4.98. The van der Waals surface area contributed by atoms with E-state index in [1.165, 1.54) is 5.56 Å². The van der Waals surface area contributed by atoms with Crippen LogP contribution in [0.3, 0.4) is 0 Å². The highest BCUT2D eigenvalue weighted by Gasteiger charge is 2.21. The van der Waals surface area contributed by atoms with Gasteiger partial charge in [0.25, 0.3) is 0 Å². The molecule has 134 valence electrons. The minimum absolute atomic E-state index is 0.0435. The van der Waals surface area contributed by atoms with Crippen LogP contribution >= 0.6 is 11.3 Å². The van der Waals surface area contributed by atoms with Gasteiger partial charge >= 0.3 is 0 Å². The number of thiophene rings is 1. The number of oxazole rings is 1. The summed E-state index contributed by atoms with van der Waals surface area (Å²) in [5.74, 6) is 2.47. The molecule has 3 aromatic rings. The minimum atomic E-state index is -0.0435. The molecule has 0 fully saturated rings. The average Bonchev–Trinajstić information content (AvgIpc) is 3.30. The third-order valence-electron chi connectivity index (χ3n) is 4.50. The molecule has 5 nitrogen and oxygen atoms in total. The monoisotopic (exact) mass is 368 g/mol. The number of amides is 1. The highest BCUT2D eigenvalue weighted by atomic mass is 32.1. The number of aromatic nitrogens is 1. The molecule has 0 saturated heterocycles. The Morgan fingerprint density at radius 3 is 3.04 bits per heavy atom. The van der Waals surface area contributed by atoms with E-state index in [9.17, 15) is 4.79 Å². The van der Waals surface area contributed by atoms with Crippen molar-refractivity contribution in [2.45, 2.75) is 19.8 Å². The van der Waals surface area contributed by atoms with Gasteiger partial charge in [0, 0.05) is 12.5 Å². The van der Waals surface area contributed by atoms with Gasteiger partial charge in [-0.15, -0.1) is 11.3 Å². The molecule has 1 unspecified atom stereocenters. The predicted octanol–water partition coefficient (Wildman–Crippen LogP) is 3.62. The molecular formula is C20H20N2O3S. The second-order valence-electron chi connectivity index (χ2n) is 6.47. The fraction of sp³-hybridized carbons (Fsp3) is 0.300. The van der Waals surface area contributed by atoms with E-state index < -0.39 is 0 Å². The molecule has 1 aliphatic heterocycles. The SMILES string of the molecule is Cc1oc(-c2cccs2)nc1CC(=O)NCC1COc2ccccc2C1. The smallest absolute Gasteiger partial charge is 0.236 e. The van der Waals surface area contributed by atoms with E-state index in [-0.39, 0.29) is 18.2 Å². The van der Waals surface area contributed by atoms with Crippen LogP contribution in [-0.2, 0) is 17.6 Å². The van der Waals surface area contributed by atoms with Gasteiger partial charge in [0.15, 0.2) is 0 Å². The van der Waals surface area contributed by atoms with Crippen LogP contribution in [-0.4, -0.2) is 24.0 Å². The van der Waals surface area contributed by atoms with Crippen LogP contribution in [0.4, 0.5) is 0 Å². The summed E-state index contributed by atoms with van der Waals surface area (Å²) >= 11 is 1.57. The number of fused-ring (bicyclic) bond motifs is 1. The average molecular weight is 368 g/mol. The molecular weight excluding hydrogens is 348 g/mol. The maximum Gasteiger partial charge on any atom is 0.236 e. The lowest BCUT2D eigenvalue weighted by molar-refractivity contribution is -0.120. The van der Waals surface area contributed by atoms with Crippen molar-refractivity contribution in [3.63, 3.8) is 0 Å². The van der Waals surface area contributed by atoms with Crippen LogP contribution in [0.15, 0.2) is 46.2 Å². The number of hydrogen-bond donors (Lipinski definition) is 1. The van der Waals surface area contributed by atoms with Crippen LogP contribution in [0.25, 0.3) is 10.8 Å². The van der Waals surface area contributed by atoms with Gasteiger partial charge in [-0.05, 0) is 36.4 Å². The van der Waals surface area contributed by atoms with Crippen molar-refractivity contribution in [2.24, 2.45) is 5.92 Å². The Morgan fingerprint density at radius 2 is 2.19 bits per heavy atom. The molecule has 1 atom stereocenters. The molecule has 1 aromatic carbocycles. The molecule has 26 heavy (non-hydrogen) atoms. The van der Waals surface area contributed by atoms with Crippen LogP contribution in [0.5, 0.6) is 5.75 Å². The molecule has 1 N–H and O–H groups in total. The second-order valence-corrected chi connectivity index (χ2v) is 7.42. The van der Waals surface area contributed by atoms with Gasteiger partial charge in [0.05, 0.1) is 23.6 Å². The Morgan fingerprint density at radius 1 is 1.31 bits per heavy atom. The third-order valence-corrected chi connectivity index (χ3v) is 5.35. The summed E-state index contributed by atoms with van der Waals surface area (Å²) in [6.45, 7) is 3.07. The fourth-order valence-corrected chi connectivity index (χ4v) is 3.74. The van der Waals surface area contributed by atoms with E-state index in [1.54, 1.807) is 11.3 Å². The summed E-state index contributed by atoms with van der Waals surface area (Å²) < 4.78 is 11.5. The minimum Gasteiger partial charge on any atom is -0.493 e. The van der Waals surface area contributed by atoms with Gasteiger partial charge in [-0.2, -0.15) is 0 Å². The Balaban J connectivity index is 1.32. The molecule has 4 rings (SSSR count). The molecule has 0 spiro atoms. The van der Waals surface area contributed by atoms with E-state index in [1.807, 2.05) is 42.6 Å². The largest absolute Gasteiger partial charge is 0.493 e. The normalized spacial score (nSPS) is 16.0. The number of ether oxygens (including phenoxy) is 1. The number of nitrogens with zero attached hydrogens (tertiary/aromatic N) is 1. The lowest BCUT2D eigenvalue weighted by Gasteiger charge is -2.25. The first-order chi connectivity index (χ1) is 12.7. The number of carbonyl (C=O) groups is 1. The standard InChI is InChI=1S/C20H20N2O3S/c1-13-16(22-20(25-13)18-7-4-8-26-18)10-19(23)21-11-14-9-15-5-2-3-6-17(15)24-12-14/h2-8,14H,9-12H2,1H3,(H,21,23). The third kappa shape index (κ3) is 3.65. The highest BCUT2D eigenvalue weighted by Crippen LogP contribution is 2.27. The number of aryl methyl sites for hydroxylation is 1. The number of carbonyl (C=O) groups excluding carboxylic acids is 1. The molecule has 0 bridgehead atoms. The topological polar surface area (TPSA) is 64.4 Å². The Kier molecular flexibility index (Phi) is 4.75. The van der Waals surface area contributed by atoms with Crippen LogP contribution < -0.4 is 10.1 Å². The summed E-state index contributed by atoms with van der Waals surface area (Å²) in [6, 6.07) is 12.0. The highest BCUT2D eigenvalue weighted by molar-refractivity contribution is 7.13. The lowest BCUT2D eigenvalue weighted by atomic mass is 9.97. The van der Waals surface area contributed by atoms with Crippen molar-refractivity contribution in [3.8, 4) is 16.5 Å². The molecule has 1 aliphatic rings. The molecule has 3 heterocycles. The van der Waals surface area contributed by atoms with Crippen molar-refractivity contribution in [1.82, 2.24) is 10.3 Å². The van der Waals surface area contributed by atoms with Crippen molar-refractivity contribution in [2.75, 3.05) is 13.2 Å². The molecule has 0 saturated carbocycles. The Hall–Kier alpha value is -2.60. The Bertz CT molecular complexity index is 902. The van der Waals surface area contributed by atoms with Crippen molar-refractivity contribution in [1.29, 1.82) is 0 Å². The van der Waals surface area contributed by atoms with Crippen molar-refractivity contribution in [3.05, 3.63) is 58.8 Å². The van der Waals surface area contributed by atoms with E-state index in [0.717, 1.165) is 17.0 Å². The predicted molar refractivity (Wildman–Crippen MR) is 100 cm³/mol. The van der Waals surface area contributed by atoms with E-state index in [2.05, 4.69) is 16.4 Å². The van der Waals surface area contributed by atoms with Gasteiger partial charge in [0.2, 0.25) is 11.8 Å². The van der Waals surface area contributed by atoms with Gasteiger partial charge in [-0.25, -0.2) is 4.98 Å². The van der Waals surface area contributed by atoms with Gasteiger partial charge < -0.3 is 14.5 Å². The molecule has 1 amide bonds. The number of hydrogen-bond acceptors (Lipinski definition) is 5. The number of rotatable bonds is 5. The summed E-state index contributed by atoms with van der Waals surface area (Å²) in [7, 11) is 0. The van der Waals surface area contributed by atoms with Crippen LogP contribution in [0.2, 0.25) is 0 Å². The van der Waals surface area contributed by atoms with Crippen molar-refractivity contribution < 1.29 is 13.9 Å². The zero-order valence-corrected chi connectivity index (χ0v) is 15.3. The second kappa shape index (κ2) is 7.33. The van der Waals surface area contributed by atoms with E-state index in [0.29, 0.717) is 30.5 Å². The van der Waals surface area contributed by atoms with E-state index >= 15 is 0 Å². The zero-order chi connectivity index (χ0) is 17.9. The van der Waals surface area contributed by atoms with Crippen LogP contribution in [0.1, 0.15) is 17.0 Å². The number of benzene rings is 1. The number of nitrogens with one attached hydrogen (secondary N) is 1. The van der Waals surface area contributed by atoms with Gasteiger partial charge in [-0.3, -0.25) is 4.79 Å². The summed E-state index contributed by atoms with van der Waals surface area (Å²) in [6.07, 6.45) is 1.15. The van der Waals surface area contributed by atoms with Crippen molar-refractivity contribution >= 4 is 17.2 Å². The molecule has 2 aromatic heterocycles. The molecule has 0 radical (unpaired) electrons. The van der Waals surface area contributed by atoms with Crippen LogP contribution in [0, 0.1) is 12.8 Å². The number of para-hydroxylation sites is 1. The zero-order valence-electron chi connectivity index (χ0n) is 14.5. The first-order valence-corrected chi connectivity index (χ1v) is 9.54. The summed E-state index contributed by atoms with van der Waals surface area (Å²) in [5.41, 5.74) is 1.89. The van der Waals surface area contributed by atoms with Gasteiger partial charge in [-0.1, -0.05) is 24.3 Å². The fourth-order valence-electron chi connectivity index (χ4n) is 3.09. The maximum atomic E-state index is 12.3. The van der Waals surface area contributed by atoms with Gasteiger partial charge in [0.1, 0.15) is 11.5 Å². The Labute approximate surface area is 156 Å². The summed E-state index contributed by atoms with van der Waals surface area (Å²) in [4.78, 5) is 17.8.